The highest BCUT2D eigenvalue weighted by atomic mass is 127. The molecule has 0 radical (unpaired) electrons. The quantitative estimate of drug-likeness (QED) is 0.248. The maximum absolute atomic E-state index is 5.99. The van der Waals surface area contributed by atoms with Crippen LogP contribution < -0.4 is 11.1 Å². The lowest BCUT2D eigenvalue weighted by Crippen LogP contribution is -2.39. The van der Waals surface area contributed by atoms with Crippen LogP contribution in [0.2, 0.25) is 0 Å². The Morgan fingerprint density at radius 1 is 0.964 bits per heavy atom. The Morgan fingerprint density at radius 2 is 1.64 bits per heavy atom. The Balaban J connectivity index is 0.00000280. The number of aliphatic imine (C=N–C) groups is 1. The Hall–Kier alpha value is -0.900. The van der Waals surface area contributed by atoms with Crippen molar-refractivity contribution in [2.75, 3.05) is 52.5 Å². The largest absolute Gasteiger partial charge is 0.379 e. The lowest BCUT2D eigenvalue weighted by atomic mass is 10.1. The smallest absolute Gasteiger partial charge is 0.188 e. The van der Waals surface area contributed by atoms with Gasteiger partial charge in [0.25, 0.3) is 0 Å². The highest BCUT2D eigenvalue weighted by Crippen LogP contribution is 2.14. The molecule has 0 amide bonds. The van der Waals surface area contributed by atoms with Gasteiger partial charge in [-0.25, -0.2) is 4.99 Å². The normalized spacial score (nSPS) is 19.2. The van der Waals surface area contributed by atoms with Crippen molar-refractivity contribution in [3.63, 3.8) is 0 Å². The predicted molar refractivity (Wildman–Crippen MR) is 126 cm³/mol. The lowest BCUT2D eigenvalue weighted by Gasteiger charge is -2.26. The molecule has 2 fully saturated rings. The number of ether oxygens (including phenoxy) is 1. The minimum absolute atomic E-state index is 0. The molecule has 158 valence electrons. The van der Waals surface area contributed by atoms with Gasteiger partial charge in [-0.15, -0.1) is 24.0 Å². The third-order valence-electron chi connectivity index (χ3n) is 5.37. The minimum Gasteiger partial charge on any atom is -0.379 e. The van der Waals surface area contributed by atoms with E-state index in [1.54, 1.807) is 0 Å². The first-order valence-corrected chi connectivity index (χ1v) is 10.4. The van der Waals surface area contributed by atoms with E-state index in [1.807, 2.05) is 0 Å². The van der Waals surface area contributed by atoms with Gasteiger partial charge in [0.05, 0.1) is 19.8 Å². The first-order valence-electron chi connectivity index (χ1n) is 10.4. The summed E-state index contributed by atoms with van der Waals surface area (Å²) in [5, 5.41) is 3.22. The molecule has 7 heteroatoms. The number of piperidine rings is 1. The highest BCUT2D eigenvalue weighted by Gasteiger charge is 2.10. The molecule has 0 spiro atoms. The van der Waals surface area contributed by atoms with Gasteiger partial charge in [-0.2, -0.15) is 0 Å². The molecule has 0 aromatic heterocycles. The van der Waals surface area contributed by atoms with Crippen molar-refractivity contribution < 1.29 is 4.74 Å². The fraction of sp³-hybridized carbons (Fsp3) is 0.667. The van der Waals surface area contributed by atoms with E-state index in [9.17, 15) is 0 Å². The second kappa shape index (κ2) is 13.3. The first kappa shape index (κ1) is 23.4. The summed E-state index contributed by atoms with van der Waals surface area (Å²) in [6, 6.07) is 8.81. The molecule has 3 rings (SSSR count). The number of morpholine rings is 1. The van der Waals surface area contributed by atoms with Crippen LogP contribution in [-0.2, 0) is 17.8 Å². The van der Waals surface area contributed by atoms with E-state index < -0.39 is 0 Å². The Labute approximate surface area is 186 Å². The van der Waals surface area contributed by atoms with Gasteiger partial charge >= 0.3 is 0 Å². The summed E-state index contributed by atoms with van der Waals surface area (Å²) in [6.45, 7) is 9.90. The van der Waals surface area contributed by atoms with Gasteiger partial charge in [-0.3, -0.25) is 9.80 Å². The molecule has 1 aromatic carbocycles. The molecule has 0 saturated carbocycles. The van der Waals surface area contributed by atoms with Crippen molar-refractivity contribution in [3.05, 3.63) is 35.4 Å². The van der Waals surface area contributed by atoms with Gasteiger partial charge in [0.2, 0.25) is 0 Å². The predicted octanol–water partition coefficient (Wildman–Crippen LogP) is 2.42. The summed E-state index contributed by atoms with van der Waals surface area (Å²) in [4.78, 5) is 9.45. The van der Waals surface area contributed by atoms with Crippen LogP contribution in [0, 0.1) is 0 Å². The molecule has 6 nitrogen and oxygen atoms in total. The SMILES string of the molecule is I.NC(=NCc1ccc(CN2CCCCC2)cc1)NCCCN1CCOCC1. The zero-order valence-electron chi connectivity index (χ0n) is 16.9. The van der Waals surface area contributed by atoms with E-state index in [1.165, 1.54) is 43.5 Å². The van der Waals surface area contributed by atoms with E-state index in [2.05, 4.69) is 44.4 Å². The monoisotopic (exact) mass is 501 g/mol. The Kier molecular flexibility index (Phi) is 11.1. The topological polar surface area (TPSA) is 66.1 Å². The third-order valence-corrected chi connectivity index (χ3v) is 5.37. The molecule has 1 aromatic rings. The molecule has 0 aliphatic carbocycles. The van der Waals surface area contributed by atoms with Crippen molar-refractivity contribution in [2.24, 2.45) is 10.7 Å². The Bertz CT molecular complexity index is 569. The molecule has 2 aliphatic rings. The van der Waals surface area contributed by atoms with Crippen LogP contribution in [0.4, 0.5) is 0 Å². The van der Waals surface area contributed by atoms with Crippen LogP contribution in [0.15, 0.2) is 29.3 Å². The Morgan fingerprint density at radius 3 is 2.36 bits per heavy atom. The molecular formula is C21H36IN5O. The van der Waals surface area contributed by atoms with Crippen molar-refractivity contribution in [1.82, 2.24) is 15.1 Å². The summed E-state index contributed by atoms with van der Waals surface area (Å²) in [7, 11) is 0. The second-order valence-electron chi connectivity index (χ2n) is 7.59. The summed E-state index contributed by atoms with van der Waals surface area (Å²) in [6.07, 6.45) is 5.13. The van der Waals surface area contributed by atoms with Gasteiger partial charge in [-0.05, 0) is 50.0 Å². The number of halogens is 1. The molecule has 2 aliphatic heterocycles. The van der Waals surface area contributed by atoms with E-state index in [4.69, 9.17) is 10.5 Å². The number of likely N-dealkylation sites (tertiary alicyclic amines) is 1. The third kappa shape index (κ3) is 8.63. The zero-order chi connectivity index (χ0) is 18.7. The van der Waals surface area contributed by atoms with Gasteiger partial charge in [0, 0.05) is 26.2 Å². The lowest BCUT2D eigenvalue weighted by molar-refractivity contribution is 0.0376. The van der Waals surface area contributed by atoms with Gasteiger partial charge in [-0.1, -0.05) is 30.7 Å². The molecule has 3 N–H and O–H groups in total. The average Bonchev–Trinajstić information content (AvgIpc) is 2.72. The summed E-state index contributed by atoms with van der Waals surface area (Å²) >= 11 is 0. The number of nitrogens with two attached hydrogens (primary N) is 1. The van der Waals surface area contributed by atoms with E-state index >= 15 is 0 Å². The average molecular weight is 501 g/mol. The summed E-state index contributed by atoms with van der Waals surface area (Å²) in [5.74, 6) is 0.536. The number of nitrogens with zero attached hydrogens (tertiary/aromatic N) is 3. The molecule has 0 atom stereocenters. The second-order valence-corrected chi connectivity index (χ2v) is 7.59. The van der Waals surface area contributed by atoms with Gasteiger partial charge in [0.1, 0.15) is 0 Å². The van der Waals surface area contributed by atoms with Gasteiger partial charge in [0.15, 0.2) is 5.96 Å². The molecule has 0 unspecified atom stereocenters. The molecular weight excluding hydrogens is 465 g/mol. The molecule has 28 heavy (non-hydrogen) atoms. The number of nitrogens with one attached hydrogen (secondary N) is 1. The van der Waals surface area contributed by atoms with Crippen LogP contribution >= 0.6 is 24.0 Å². The van der Waals surface area contributed by atoms with Crippen LogP contribution in [0.25, 0.3) is 0 Å². The highest BCUT2D eigenvalue weighted by molar-refractivity contribution is 14.0. The minimum atomic E-state index is 0. The number of hydrogen-bond donors (Lipinski definition) is 2. The standard InChI is InChI=1S/C21H35N5O.HI/c22-21(23-9-4-12-25-13-15-27-16-14-25)24-17-19-5-7-20(8-6-19)18-26-10-2-1-3-11-26;/h5-8H,1-4,9-18H2,(H3,22,23,24);1H. The first-order chi connectivity index (χ1) is 13.3. The van der Waals surface area contributed by atoms with E-state index in [-0.39, 0.29) is 24.0 Å². The molecule has 0 bridgehead atoms. The fourth-order valence-electron chi connectivity index (χ4n) is 3.70. The zero-order valence-corrected chi connectivity index (χ0v) is 19.3. The number of guanidine groups is 1. The molecule has 2 saturated heterocycles. The van der Waals surface area contributed by atoms with Crippen LogP contribution in [0.3, 0.4) is 0 Å². The van der Waals surface area contributed by atoms with Crippen molar-refractivity contribution in [3.8, 4) is 0 Å². The molecule has 2 heterocycles. The number of hydrogen-bond acceptors (Lipinski definition) is 4. The van der Waals surface area contributed by atoms with Crippen molar-refractivity contribution >= 4 is 29.9 Å². The summed E-state index contributed by atoms with van der Waals surface area (Å²) in [5.41, 5.74) is 8.58. The van der Waals surface area contributed by atoms with Crippen LogP contribution in [0.1, 0.15) is 36.8 Å². The van der Waals surface area contributed by atoms with Gasteiger partial charge < -0.3 is 15.8 Å². The van der Waals surface area contributed by atoms with E-state index in [0.717, 1.165) is 52.4 Å². The maximum Gasteiger partial charge on any atom is 0.188 e. The number of benzene rings is 1. The van der Waals surface area contributed by atoms with Crippen LogP contribution in [-0.4, -0.2) is 68.2 Å². The van der Waals surface area contributed by atoms with Crippen LogP contribution in [0.5, 0.6) is 0 Å². The van der Waals surface area contributed by atoms with E-state index in [0.29, 0.717) is 12.5 Å². The van der Waals surface area contributed by atoms with Crippen molar-refractivity contribution in [1.29, 1.82) is 0 Å². The summed E-state index contributed by atoms with van der Waals surface area (Å²) < 4.78 is 5.36. The number of rotatable bonds is 8. The maximum atomic E-state index is 5.99. The fourth-order valence-corrected chi connectivity index (χ4v) is 3.70. The van der Waals surface area contributed by atoms with Crippen molar-refractivity contribution in [2.45, 2.75) is 38.8 Å².